The minimum Gasteiger partial charge on any atom is -0.497 e. The van der Waals surface area contributed by atoms with Crippen molar-refractivity contribution in [2.75, 3.05) is 12.9 Å². The van der Waals surface area contributed by atoms with E-state index in [0.29, 0.717) is 12.4 Å². The van der Waals surface area contributed by atoms with E-state index in [9.17, 15) is 0 Å². The van der Waals surface area contributed by atoms with Gasteiger partial charge in [-0.1, -0.05) is 30.0 Å². The van der Waals surface area contributed by atoms with E-state index in [1.807, 2.05) is 28.9 Å². The fraction of sp³-hybridized carbons (Fsp3) is 0.318. The SMILES string of the molecule is COc1cccc(OCc2nnc3n2N=C(c2ccc4c(c2)CCCC4)CS3)c1. The zero-order chi connectivity index (χ0) is 19.6. The van der Waals surface area contributed by atoms with Crippen LogP contribution in [0.25, 0.3) is 0 Å². The highest BCUT2D eigenvalue weighted by molar-refractivity contribution is 7.99. The predicted molar refractivity (Wildman–Crippen MR) is 113 cm³/mol. The zero-order valence-electron chi connectivity index (χ0n) is 16.3. The molecule has 1 aliphatic carbocycles. The molecule has 1 aliphatic heterocycles. The Hall–Kier alpha value is -2.80. The first-order chi connectivity index (χ1) is 14.3. The normalized spacial score (nSPS) is 15.3. The number of nitrogens with zero attached hydrogens (tertiary/aromatic N) is 4. The molecule has 6 nitrogen and oxygen atoms in total. The molecule has 7 heteroatoms. The second-order valence-electron chi connectivity index (χ2n) is 7.20. The van der Waals surface area contributed by atoms with Gasteiger partial charge < -0.3 is 9.47 Å². The molecule has 0 radical (unpaired) electrons. The molecule has 0 bridgehead atoms. The first kappa shape index (κ1) is 18.2. The number of methoxy groups -OCH3 is 1. The summed E-state index contributed by atoms with van der Waals surface area (Å²) >= 11 is 1.66. The van der Waals surface area contributed by atoms with Crippen molar-refractivity contribution in [2.24, 2.45) is 5.10 Å². The summed E-state index contributed by atoms with van der Waals surface area (Å²) in [6.07, 6.45) is 4.93. The molecule has 2 aromatic carbocycles. The average molecular weight is 407 g/mol. The van der Waals surface area contributed by atoms with Crippen LogP contribution in [0.15, 0.2) is 52.7 Å². The van der Waals surface area contributed by atoms with Crippen molar-refractivity contribution >= 4 is 17.5 Å². The Balaban J connectivity index is 1.38. The zero-order valence-corrected chi connectivity index (χ0v) is 17.1. The number of aromatic nitrogens is 3. The molecular formula is C22H22N4O2S. The lowest BCUT2D eigenvalue weighted by Crippen LogP contribution is -2.16. The number of ether oxygens (including phenoxy) is 2. The molecule has 148 valence electrons. The monoisotopic (exact) mass is 406 g/mol. The lowest BCUT2D eigenvalue weighted by Gasteiger charge is -2.18. The lowest BCUT2D eigenvalue weighted by molar-refractivity contribution is 0.288. The highest BCUT2D eigenvalue weighted by Gasteiger charge is 2.21. The first-order valence-corrected chi connectivity index (χ1v) is 10.8. The second kappa shape index (κ2) is 7.91. The summed E-state index contributed by atoms with van der Waals surface area (Å²) in [5, 5.41) is 14.2. The van der Waals surface area contributed by atoms with Crippen molar-refractivity contribution in [3.8, 4) is 11.5 Å². The smallest absolute Gasteiger partial charge is 0.212 e. The van der Waals surface area contributed by atoms with E-state index in [4.69, 9.17) is 14.6 Å². The number of rotatable bonds is 5. The third-order valence-corrected chi connectivity index (χ3v) is 6.26. The number of thioether (sulfide) groups is 1. The largest absolute Gasteiger partial charge is 0.497 e. The summed E-state index contributed by atoms with van der Waals surface area (Å²) in [5.41, 5.74) is 5.20. The molecule has 0 saturated carbocycles. The van der Waals surface area contributed by atoms with Gasteiger partial charge in [-0.15, -0.1) is 10.2 Å². The fourth-order valence-corrected chi connectivity index (χ4v) is 4.61. The molecule has 0 N–H and O–H groups in total. The van der Waals surface area contributed by atoms with E-state index in [-0.39, 0.29) is 0 Å². The first-order valence-electron chi connectivity index (χ1n) is 9.84. The minimum absolute atomic E-state index is 0.293. The van der Waals surface area contributed by atoms with Crippen molar-refractivity contribution in [3.05, 3.63) is 65.0 Å². The summed E-state index contributed by atoms with van der Waals surface area (Å²) in [4.78, 5) is 0. The Labute approximate surface area is 173 Å². The van der Waals surface area contributed by atoms with E-state index in [0.717, 1.165) is 28.1 Å². The van der Waals surface area contributed by atoms with E-state index < -0.39 is 0 Å². The van der Waals surface area contributed by atoms with Gasteiger partial charge in [0.1, 0.15) is 18.1 Å². The molecule has 0 amide bonds. The van der Waals surface area contributed by atoms with Gasteiger partial charge >= 0.3 is 0 Å². The second-order valence-corrected chi connectivity index (χ2v) is 8.15. The van der Waals surface area contributed by atoms with Crippen molar-refractivity contribution in [1.82, 2.24) is 14.9 Å². The van der Waals surface area contributed by atoms with Crippen LogP contribution in [0.4, 0.5) is 0 Å². The molecule has 0 fully saturated rings. The summed E-state index contributed by atoms with van der Waals surface area (Å²) < 4.78 is 12.9. The quantitative estimate of drug-likeness (QED) is 0.638. The topological polar surface area (TPSA) is 61.5 Å². The molecule has 2 aliphatic rings. The number of fused-ring (bicyclic) bond motifs is 2. The molecule has 0 saturated heterocycles. The molecular weight excluding hydrogens is 384 g/mol. The van der Waals surface area contributed by atoms with Gasteiger partial charge in [0.05, 0.1) is 12.8 Å². The van der Waals surface area contributed by atoms with Crippen molar-refractivity contribution in [1.29, 1.82) is 0 Å². The van der Waals surface area contributed by atoms with Gasteiger partial charge in [0.15, 0.2) is 5.82 Å². The summed E-state index contributed by atoms with van der Waals surface area (Å²) in [6, 6.07) is 14.3. The van der Waals surface area contributed by atoms with Crippen molar-refractivity contribution in [3.63, 3.8) is 0 Å². The van der Waals surface area contributed by atoms with Gasteiger partial charge in [0.2, 0.25) is 5.16 Å². The highest BCUT2D eigenvalue weighted by atomic mass is 32.2. The van der Waals surface area contributed by atoms with Crippen LogP contribution in [0.2, 0.25) is 0 Å². The van der Waals surface area contributed by atoms with E-state index in [1.165, 1.54) is 42.4 Å². The molecule has 5 rings (SSSR count). The van der Waals surface area contributed by atoms with Crippen LogP contribution in [0.3, 0.4) is 0 Å². The molecule has 0 unspecified atom stereocenters. The average Bonchev–Trinajstić information content (AvgIpc) is 3.19. The van der Waals surface area contributed by atoms with Crippen LogP contribution in [0, 0.1) is 0 Å². The molecule has 1 aromatic heterocycles. The Kier molecular flexibility index (Phi) is 4.97. The standard InChI is InChI=1S/C22H22N4O2S/c1-27-18-7-4-8-19(12-18)28-13-21-23-24-22-26(21)25-20(14-29-22)17-10-9-15-5-2-3-6-16(15)11-17/h4,7-12H,2-3,5-6,13-14H2,1H3. The van der Waals surface area contributed by atoms with E-state index >= 15 is 0 Å². The van der Waals surface area contributed by atoms with E-state index in [2.05, 4.69) is 28.4 Å². The van der Waals surface area contributed by atoms with Crippen LogP contribution in [0.5, 0.6) is 11.5 Å². The van der Waals surface area contributed by atoms with Gasteiger partial charge in [-0.3, -0.25) is 0 Å². The predicted octanol–water partition coefficient (Wildman–Crippen LogP) is 4.10. The van der Waals surface area contributed by atoms with Gasteiger partial charge in [0.25, 0.3) is 0 Å². The molecule has 0 atom stereocenters. The van der Waals surface area contributed by atoms with Crippen LogP contribution in [-0.4, -0.2) is 33.4 Å². The number of benzene rings is 2. The van der Waals surface area contributed by atoms with Gasteiger partial charge in [-0.05, 0) is 60.6 Å². The van der Waals surface area contributed by atoms with Crippen LogP contribution in [-0.2, 0) is 19.4 Å². The maximum Gasteiger partial charge on any atom is 0.212 e. The van der Waals surface area contributed by atoms with E-state index in [1.54, 1.807) is 18.9 Å². The molecule has 29 heavy (non-hydrogen) atoms. The molecule has 0 spiro atoms. The number of aryl methyl sites for hydroxylation is 2. The third-order valence-electron chi connectivity index (χ3n) is 5.33. The molecule has 3 aromatic rings. The minimum atomic E-state index is 0.293. The summed E-state index contributed by atoms with van der Waals surface area (Å²) in [6.45, 7) is 0.293. The van der Waals surface area contributed by atoms with Gasteiger partial charge in [-0.25, -0.2) is 0 Å². The van der Waals surface area contributed by atoms with Crippen molar-refractivity contribution < 1.29 is 9.47 Å². The fourth-order valence-electron chi connectivity index (χ4n) is 3.75. The van der Waals surface area contributed by atoms with Crippen molar-refractivity contribution in [2.45, 2.75) is 37.4 Å². The Bertz CT molecular complexity index is 1080. The maximum atomic E-state index is 5.89. The summed E-state index contributed by atoms with van der Waals surface area (Å²) in [7, 11) is 1.64. The van der Waals surface area contributed by atoms with Crippen LogP contribution >= 0.6 is 11.8 Å². The Morgan fingerprint density at radius 2 is 1.86 bits per heavy atom. The number of hydrogen-bond donors (Lipinski definition) is 0. The Morgan fingerprint density at radius 3 is 2.76 bits per heavy atom. The Morgan fingerprint density at radius 1 is 1.00 bits per heavy atom. The highest BCUT2D eigenvalue weighted by Crippen LogP contribution is 2.28. The van der Waals surface area contributed by atoms with Gasteiger partial charge in [-0.2, -0.15) is 9.78 Å². The molecule has 2 heterocycles. The van der Waals surface area contributed by atoms with Gasteiger partial charge in [0, 0.05) is 11.8 Å². The third kappa shape index (κ3) is 3.74. The van der Waals surface area contributed by atoms with Crippen LogP contribution < -0.4 is 9.47 Å². The summed E-state index contributed by atoms with van der Waals surface area (Å²) in [5.74, 6) is 2.97. The number of hydrogen-bond acceptors (Lipinski definition) is 6. The lowest BCUT2D eigenvalue weighted by atomic mass is 9.90. The van der Waals surface area contributed by atoms with Crippen LogP contribution in [0.1, 0.15) is 35.4 Å². The maximum absolute atomic E-state index is 5.89.